The summed E-state index contributed by atoms with van der Waals surface area (Å²) in [7, 11) is 1.94. The lowest BCUT2D eigenvalue weighted by atomic mass is 10.1. The zero-order valence-electron chi connectivity index (χ0n) is 10.7. The van der Waals surface area contributed by atoms with Crippen LogP contribution < -0.4 is 10.6 Å². The third-order valence-corrected chi connectivity index (χ3v) is 3.46. The second kappa shape index (κ2) is 4.96. The standard InChI is InChI=1S/C12H22N4O/c1-3-4-10-11(13)12(15(2)14-10)16-6-5-9(7-16)8-17/h9,17H,3-8,13H2,1-2H3. The van der Waals surface area contributed by atoms with Crippen LogP contribution in [0.4, 0.5) is 11.5 Å². The van der Waals surface area contributed by atoms with E-state index < -0.39 is 0 Å². The molecule has 0 aliphatic carbocycles. The Morgan fingerprint density at radius 3 is 2.88 bits per heavy atom. The van der Waals surface area contributed by atoms with E-state index in [0.717, 1.165) is 49.6 Å². The number of nitrogen functional groups attached to an aromatic ring is 1. The normalized spacial score (nSPS) is 20.2. The van der Waals surface area contributed by atoms with Gasteiger partial charge < -0.3 is 15.7 Å². The quantitative estimate of drug-likeness (QED) is 0.813. The molecule has 1 fully saturated rings. The first-order valence-electron chi connectivity index (χ1n) is 6.34. The summed E-state index contributed by atoms with van der Waals surface area (Å²) in [6, 6.07) is 0. The van der Waals surface area contributed by atoms with Crippen LogP contribution in [0.2, 0.25) is 0 Å². The molecule has 5 heteroatoms. The predicted octanol–water partition coefficient (Wildman–Crippen LogP) is 0.773. The zero-order valence-corrected chi connectivity index (χ0v) is 10.7. The van der Waals surface area contributed by atoms with E-state index in [1.165, 1.54) is 0 Å². The van der Waals surface area contributed by atoms with Gasteiger partial charge in [0.1, 0.15) is 5.82 Å². The highest BCUT2D eigenvalue weighted by Gasteiger charge is 2.26. The Bertz CT molecular complexity index is 388. The molecular formula is C12H22N4O. The van der Waals surface area contributed by atoms with Crippen molar-refractivity contribution in [2.45, 2.75) is 26.2 Å². The lowest BCUT2D eigenvalue weighted by Crippen LogP contribution is -2.23. The smallest absolute Gasteiger partial charge is 0.150 e. The topological polar surface area (TPSA) is 67.3 Å². The van der Waals surface area contributed by atoms with E-state index in [1.54, 1.807) is 0 Å². The van der Waals surface area contributed by atoms with Crippen LogP contribution >= 0.6 is 0 Å². The predicted molar refractivity (Wildman–Crippen MR) is 69.0 cm³/mol. The second-order valence-corrected chi connectivity index (χ2v) is 4.84. The van der Waals surface area contributed by atoms with Crippen LogP contribution in [0.1, 0.15) is 25.5 Å². The fraction of sp³-hybridized carbons (Fsp3) is 0.750. The minimum Gasteiger partial charge on any atom is -0.396 e. The summed E-state index contributed by atoms with van der Waals surface area (Å²) in [5, 5.41) is 13.7. The largest absolute Gasteiger partial charge is 0.396 e. The molecule has 96 valence electrons. The highest BCUT2D eigenvalue weighted by molar-refractivity contribution is 5.66. The monoisotopic (exact) mass is 238 g/mol. The Balaban J connectivity index is 2.21. The van der Waals surface area contributed by atoms with Gasteiger partial charge in [0.2, 0.25) is 0 Å². The van der Waals surface area contributed by atoms with Crippen LogP contribution in [0.25, 0.3) is 0 Å². The van der Waals surface area contributed by atoms with Gasteiger partial charge in [-0.05, 0) is 12.8 Å². The lowest BCUT2D eigenvalue weighted by molar-refractivity contribution is 0.238. The number of aromatic nitrogens is 2. The van der Waals surface area contributed by atoms with Crippen LogP contribution in [0.3, 0.4) is 0 Å². The average molecular weight is 238 g/mol. The Hall–Kier alpha value is -1.23. The molecule has 1 aromatic heterocycles. The van der Waals surface area contributed by atoms with Crippen molar-refractivity contribution in [3.05, 3.63) is 5.69 Å². The molecule has 1 saturated heterocycles. The highest BCUT2D eigenvalue weighted by atomic mass is 16.3. The molecule has 2 rings (SSSR count). The number of hydrogen-bond acceptors (Lipinski definition) is 4. The molecule has 1 aliphatic rings. The first-order valence-corrected chi connectivity index (χ1v) is 6.34. The molecule has 0 bridgehead atoms. The minimum atomic E-state index is 0.260. The number of nitrogens with two attached hydrogens (primary N) is 1. The van der Waals surface area contributed by atoms with Crippen LogP contribution in [0, 0.1) is 5.92 Å². The number of anilines is 2. The van der Waals surface area contributed by atoms with Gasteiger partial charge in [0.15, 0.2) is 0 Å². The maximum atomic E-state index is 9.18. The van der Waals surface area contributed by atoms with Gasteiger partial charge in [0.05, 0.1) is 11.4 Å². The van der Waals surface area contributed by atoms with Gasteiger partial charge in [-0.15, -0.1) is 0 Å². The minimum absolute atomic E-state index is 0.260. The SMILES string of the molecule is CCCc1nn(C)c(N2CCC(CO)C2)c1N. The van der Waals surface area contributed by atoms with E-state index >= 15 is 0 Å². The third kappa shape index (κ3) is 2.24. The third-order valence-electron chi connectivity index (χ3n) is 3.46. The molecule has 0 saturated carbocycles. The van der Waals surface area contributed by atoms with Crippen LogP contribution in [0.15, 0.2) is 0 Å². The number of rotatable bonds is 4. The molecule has 1 atom stereocenters. The van der Waals surface area contributed by atoms with Crippen molar-refractivity contribution in [2.75, 3.05) is 30.3 Å². The van der Waals surface area contributed by atoms with Gasteiger partial charge in [0.25, 0.3) is 0 Å². The summed E-state index contributed by atoms with van der Waals surface area (Å²) in [6.45, 7) is 4.23. The number of nitrogens with zero attached hydrogens (tertiary/aromatic N) is 3. The number of aliphatic hydroxyl groups excluding tert-OH is 1. The molecule has 3 N–H and O–H groups in total. The van der Waals surface area contributed by atoms with E-state index in [0.29, 0.717) is 5.92 Å². The van der Waals surface area contributed by atoms with Crippen molar-refractivity contribution in [1.29, 1.82) is 0 Å². The molecule has 0 aromatic carbocycles. The fourth-order valence-electron chi connectivity index (χ4n) is 2.56. The Kier molecular flexibility index (Phi) is 3.57. The molecule has 0 spiro atoms. The molecule has 1 unspecified atom stereocenters. The first-order chi connectivity index (χ1) is 8.17. The molecule has 5 nitrogen and oxygen atoms in total. The molecular weight excluding hydrogens is 216 g/mol. The van der Waals surface area contributed by atoms with E-state index in [2.05, 4.69) is 16.9 Å². The summed E-state index contributed by atoms with van der Waals surface area (Å²) in [6.07, 6.45) is 3.01. The summed E-state index contributed by atoms with van der Waals surface area (Å²) in [5.74, 6) is 1.39. The Morgan fingerprint density at radius 1 is 1.53 bits per heavy atom. The summed E-state index contributed by atoms with van der Waals surface area (Å²) in [5.41, 5.74) is 7.98. The maximum Gasteiger partial charge on any atom is 0.150 e. The molecule has 1 aromatic rings. The van der Waals surface area contributed by atoms with Crippen LogP contribution in [0.5, 0.6) is 0 Å². The number of aliphatic hydroxyl groups is 1. The summed E-state index contributed by atoms with van der Waals surface area (Å²) >= 11 is 0. The first kappa shape index (κ1) is 12.2. The van der Waals surface area contributed by atoms with E-state index in [1.807, 2.05) is 11.7 Å². The number of hydrogen-bond donors (Lipinski definition) is 2. The van der Waals surface area contributed by atoms with E-state index in [9.17, 15) is 5.11 Å². The summed E-state index contributed by atoms with van der Waals surface area (Å²) < 4.78 is 1.88. The molecule has 1 aliphatic heterocycles. The lowest BCUT2D eigenvalue weighted by Gasteiger charge is -2.19. The van der Waals surface area contributed by atoms with Gasteiger partial charge >= 0.3 is 0 Å². The van der Waals surface area contributed by atoms with Gasteiger partial charge in [-0.1, -0.05) is 13.3 Å². The van der Waals surface area contributed by atoms with Crippen LogP contribution in [-0.2, 0) is 13.5 Å². The fourth-order valence-corrected chi connectivity index (χ4v) is 2.56. The Morgan fingerprint density at radius 2 is 2.29 bits per heavy atom. The molecule has 2 heterocycles. The molecule has 0 amide bonds. The van der Waals surface area contributed by atoms with Crippen molar-refractivity contribution < 1.29 is 5.11 Å². The van der Waals surface area contributed by atoms with Gasteiger partial charge in [0, 0.05) is 32.7 Å². The molecule has 17 heavy (non-hydrogen) atoms. The second-order valence-electron chi connectivity index (χ2n) is 4.84. The van der Waals surface area contributed by atoms with Crippen molar-refractivity contribution in [3.8, 4) is 0 Å². The highest BCUT2D eigenvalue weighted by Crippen LogP contribution is 2.31. The van der Waals surface area contributed by atoms with E-state index in [-0.39, 0.29) is 6.61 Å². The van der Waals surface area contributed by atoms with Crippen molar-refractivity contribution in [2.24, 2.45) is 13.0 Å². The molecule has 0 radical (unpaired) electrons. The van der Waals surface area contributed by atoms with Crippen molar-refractivity contribution in [1.82, 2.24) is 9.78 Å². The van der Waals surface area contributed by atoms with Gasteiger partial charge in [-0.3, -0.25) is 4.68 Å². The Labute approximate surface area is 102 Å². The van der Waals surface area contributed by atoms with Gasteiger partial charge in [-0.25, -0.2) is 0 Å². The van der Waals surface area contributed by atoms with Gasteiger partial charge in [-0.2, -0.15) is 5.10 Å². The number of aryl methyl sites for hydroxylation is 2. The van der Waals surface area contributed by atoms with Crippen molar-refractivity contribution in [3.63, 3.8) is 0 Å². The van der Waals surface area contributed by atoms with Crippen molar-refractivity contribution >= 4 is 11.5 Å². The maximum absolute atomic E-state index is 9.18. The average Bonchev–Trinajstić information content (AvgIpc) is 2.86. The zero-order chi connectivity index (χ0) is 12.4. The summed E-state index contributed by atoms with van der Waals surface area (Å²) in [4.78, 5) is 2.24. The van der Waals surface area contributed by atoms with Crippen LogP contribution in [-0.4, -0.2) is 34.6 Å². The van der Waals surface area contributed by atoms with E-state index in [4.69, 9.17) is 5.73 Å².